The first kappa shape index (κ1) is 59.9. The van der Waals surface area contributed by atoms with Crippen molar-refractivity contribution < 1.29 is 26.7 Å². The molecule has 0 aliphatic carbocycles. The van der Waals surface area contributed by atoms with Crippen molar-refractivity contribution in [2.45, 2.75) is 19.8 Å². The Bertz CT molecular complexity index is 65.4. The van der Waals surface area contributed by atoms with Gasteiger partial charge in [-0.1, -0.05) is 6.92 Å². The minimum Gasteiger partial charge on any atom is -0.693 e. The maximum absolute atomic E-state index is 9.60. The summed E-state index contributed by atoms with van der Waals surface area (Å²) in [6.07, 6.45) is 1.02. The molecule has 0 aliphatic rings. The van der Waals surface area contributed by atoms with Gasteiger partial charge in [-0.25, -0.2) is 0 Å². The Morgan fingerprint density at radius 3 is 1.42 bits per heavy atom. The van der Waals surface area contributed by atoms with Gasteiger partial charge in [0.05, 0.1) is 0 Å². The molecule has 85 valence electrons. The van der Waals surface area contributed by atoms with E-state index >= 15 is 0 Å². The van der Waals surface area contributed by atoms with Crippen molar-refractivity contribution in [1.82, 2.24) is 24.6 Å². The van der Waals surface area contributed by atoms with Gasteiger partial charge in [0.2, 0.25) is 0 Å². The van der Waals surface area contributed by atoms with Gasteiger partial charge >= 0.3 is 5.97 Å². The summed E-state index contributed by atoms with van der Waals surface area (Å²) >= 11 is 0. The second-order valence-electron chi connectivity index (χ2n) is 1.14. The van der Waals surface area contributed by atoms with E-state index < -0.39 is 5.97 Å². The number of aliphatic carboxylic acids is 1. The van der Waals surface area contributed by atoms with E-state index in [1.807, 2.05) is 6.92 Å². The standard InChI is InChI=1S/C4H8O2.Co.4H3N.H2N/c1-2-3-4(5)6;;;;;;/h2-3H2,1H3,(H,5,6);;4*1H3;1H2/q;;;;;;-1. The van der Waals surface area contributed by atoms with Crippen LogP contribution in [-0.2, 0) is 21.6 Å². The molecule has 0 aromatic heterocycles. The van der Waals surface area contributed by atoms with Crippen molar-refractivity contribution in [2.24, 2.45) is 0 Å². The van der Waals surface area contributed by atoms with E-state index in [9.17, 15) is 4.79 Å². The molecule has 0 rings (SSSR count). The average molecular weight is 231 g/mol. The van der Waals surface area contributed by atoms with Gasteiger partial charge in [-0.15, -0.1) is 0 Å². The molecular weight excluding hydrogens is 209 g/mol. The SMILES string of the molecule is CCCC(=O)O.N.N.N.N.[Co].[NH2-]. The molecule has 0 amide bonds. The van der Waals surface area contributed by atoms with Crippen LogP contribution in [0.2, 0.25) is 0 Å². The van der Waals surface area contributed by atoms with E-state index in [0.717, 1.165) is 6.42 Å². The Hall–Kier alpha value is -0.224. The van der Waals surface area contributed by atoms with Crippen molar-refractivity contribution in [2.75, 3.05) is 0 Å². The van der Waals surface area contributed by atoms with Crippen LogP contribution in [0.5, 0.6) is 0 Å². The number of nitrogens with two attached hydrogens (primary N) is 1. The largest absolute Gasteiger partial charge is 0.693 e. The summed E-state index contributed by atoms with van der Waals surface area (Å²) in [5, 5.41) is 7.91. The van der Waals surface area contributed by atoms with Gasteiger partial charge in [-0.3, -0.25) is 4.79 Å². The van der Waals surface area contributed by atoms with Gasteiger partial charge in [-0.2, -0.15) is 0 Å². The molecule has 0 aliphatic heterocycles. The molecule has 0 saturated heterocycles. The fraction of sp³-hybridized carbons (Fsp3) is 0.750. The molecule has 0 bridgehead atoms. The third-order valence-corrected chi connectivity index (χ3v) is 0.464. The van der Waals surface area contributed by atoms with E-state index in [1.54, 1.807) is 0 Å². The van der Waals surface area contributed by atoms with Crippen molar-refractivity contribution in [3.8, 4) is 0 Å². The molecule has 1 radical (unpaired) electrons. The summed E-state index contributed by atoms with van der Waals surface area (Å²) in [4.78, 5) is 9.60. The number of carboxylic acid groups (broad SMARTS) is 1. The number of carbonyl (C=O) groups is 1. The fourth-order valence-electron chi connectivity index (χ4n) is 0.214. The second kappa shape index (κ2) is 45.1. The van der Waals surface area contributed by atoms with E-state index in [1.165, 1.54) is 0 Å². The van der Waals surface area contributed by atoms with E-state index in [-0.39, 0.29) is 47.5 Å². The number of carboxylic acids is 1. The van der Waals surface area contributed by atoms with Gasteiger partial charge in [0, 0.05) is 23.2 Å². The Morgan fingerprint density at radius 1 is 1.17 bits per heavy atom. The molecule has 0 aromatic carbocycles. The van der Waals surface area contributed by atoms with Crippen LogP contribution in [0.1, 0.15) is 19.8 Å². The molecule has 0 spiro atoms. The first-order valence-electron chi connectivity index (χ1n) is 1.99. The predicted molar refractivity (Wildman–Crippen MR) is 47.9 cm³/mol. The first-order valence-corrected chi connectivity index (χ1v) is 1.99. The minimum atomic E-state index is -0.711. The molecular formula is C4H22CoN5O2-. The molecule has 15 N–H and O–H groups in total. The molecule has 0 unspecified atom stereocenters. The maximum atomic E-state index is 9.60. The van der Waals surface area contributed by atoms with Crippen molar-refractivity contribution in [3.05, 3.63) is 6.15 Å². The first-order chi connectivity index (χ1) is 2.77. The number of hydrogen-bond acceptors (Lipinski definition) is 5. The Labute approximate surface area is 83.8 Å². The fourth-order valence-corrected chi connectivity index (χ4v) is 0.214. The minimum absolute atomic E-state index is 0. The summed E-state index contributed by atoms with van der Waals surface area (Å²) < 4.78 is 0. The van der Waals surface area contributed by atoms with E-state index in [4.69, 9.17) is 5.11 Å². The quantitative estimate of drug-likeness (QED) is 0.479. The van der Waals surface area contributed by atoms with E-state index in [0.29, 0.717) is 6.42 Å². The average Bonchev–Trinajstić information content (AvgIpc) is 1.35. The molecule has 0 atom stereocenters. The third-order valence-electron chi connectivity index (χ3n) is 0.464. The van der Waals surface area contributed by atoms with Crippen LogP contribution in [0.3, 0.4) is 0 Å². The molecule has 8 heteroatoms. The van der Waals surface area contributed by atoms with E-state index in [2.05, 4.69) is 0 Å². The van der Waals surface area contributed by atoms with Crippen LogP contribution in [0.4, 0.5) is 0 Å². The van der Waals surface area contributed by atoms with Crippen LogP contribution in [0.25, 0.3) is 6.15 Å². The monoisotopic (exact) mass is 231 g/mol. The van der Waals surface area contributed by atoms with Crippen molar-refractivity contribution in [1.29, 1.82) is 0 Å². The molecule has 12 heavy (non-hydrogen) atoms. The Kier molecular flexibility index (Phi) is 226. The smallest absolute Gasteiger partial charge is 0.303 e. The van der Waals surface area contributed by atoms with Crippen LogP contribution in [0, 0.1) is 0 Å². The summed E-state index contributed by atoms with van der Waals surface area (Å²) in [5.74, 6) is -0.711. The topological polar surface area (TPSA) is 211 Å². The van der Waals surface area contributed by atoms with Crippen LogP contribution in [-0.4, -0.2) is 11.1 Å². The maximum Gasteiger partial charge on any atom is 0.303 e. The Morgan fingerprint density at radius 2 is 1.42 bits per heavy atom. The van der Waals surface area contributed by atoms with Crippen LogP contribution >= 0.6 is 0 Å². The zero-order valence-electron chi connectivity index (χ0n) is 7.51. The zero-order valence-corrected chi connectivity index (χ0v) is 8.55. The van der Waals surface area contributed by atoms with Crippen LogP contribution < -0.4 is 24.6 Å². The van der Waals surface area contributed by atoms with Crippen molar-refractivity contribution >= 4 is 5.97 Å². The summed E-state index contributed by atoms with van der Waals surface area (Å²) in [5.41, 5.74) is 0. The summed E-state index contributed by atoms with van der Waals surface area (Å²) in [7, 11) is 0. The molecule has 0 heterocycles. The summed E-state index contributed by atoms with van der Waals surface area (Å²) in [6.45, 7) is 1.84. The molecule has 7 nitrogen and oxygen atoms in total. The van der Waals surface area contributed by atoms with Crippen molar-refractivity contribution in [3.63, 3.8) is 0 Å². The molecule has 0 saturated carbocycles. The zero-order chi connectivity index (χ0) is 4.99. The third kappa shape index (κ3) is 97.7. The molecule has 0 aromatic rings. The number of hydrogen-bond donors (Lipinski definition) is 5. The van der Waals surface area contributed by atoms with Gasteiger partial charge < -0.3 is 35.9 Å². The molecule has 0 fully saturated rings. The number of rotatable bonds is 2. The van der Waals surface area contributed by atoms with Gasteiger partial charge in [0.1, 0.15) is 0 Å². The van der Waals surface area contributed by atoms with Gasteiger partial charge in [0.25, 0.3) is 0 Å². The second-order valence-corrected chi connectivity index (χ2v) is 1.14. The Balaban J connectivity index is -0.00000000833. The predicted octanol–water partition coefficient (Wildman–Crippen LogP) is 2.23. The van der Waals surface area contributed by atoms with Gasteiger partial charge in [0.15, 0.2) is 0 Å². The van der Waals surface area contributed by atoms with Crippen LogP contribution in [0.15, 0.2) is 0 Å². The summed E-state index contributed by atoms with van der Waals surface area (Å²) in [6, 6.07) is 0. The normalized spacial score (nSPS) is 4.08. The van der Waals surface area contributed by atoms with Gasteiger partial charge in [-0.05, 0) is 6.42 Å².